The normalized spacial score (nSPS) is 19.4. The Bertz CT molecular complexity index is 1300. The Labute approximate surface area is 242 Å². The van der Waals surface area contributed by atoms with Crippen molar-refractivity contribution in [3.05, 3.63) is 61.9 Å². The van der Waals surface area contributed by atoms with Gasteiger partial charge in [0.2, 0.25) is 5.91 Å². The summed E-state index contributed by atoms with van der Waals surface area (Å²) in [6, 6.07) is 2.70. The van der Waals surface area contributed by atoms with Crippen molar-refractivity contribution < 1.29 is 33.0 Å². The van der Waals surface area contributed by atoms with Gasteiger partial charge in [0, 0.05) is 41.8 Å². The van der Waals surface area contributed by atoms with E-state index in [-0.39, 0.29) is 44.4 Å². The van der Waals surface area contributed by atoms with Crippen LogP contribution in [-0.4, -0.2) is 85.7 Å². The third-order valence-electron chi connectivity index (χ3n) is 6.12. The van der Waals surface area contributed by atoms with Crippen molar-refractivity contribution in [3.8, 4) is 0 Å². The van der Waals surface area contributed by atoms with E-state index >= 15 is 0 Å². The molecule has 2 atom stereocenters. The van der Waals surface area contributed by atoms with E-state index in [0.29, 0.717) is 39.7 Å². The van der Waals surface area contributed by atoms with Crippen molar-refractivity contribution in [2.45, 2.75) is 25.9 Å². The van der Waals surface area contributed by atoms with Crippen LogP contribution in [0.2, 0.25) is 0 Å². The minimum absolute atomic E-state index is 0.0518. The summed E-state index contributed by atoms with van der Waals surface area (Å²) < 4.78 is 30.3. The van der Waals surface area contributed by atoms with Crippen LogP contribution in [0, 0.1) is 5.82 Å². The van der Waals surface area contributed by atoms with E-state index in [1.54, 1.807) is 19.2 Å². The zero-order chi connectivity index (χ0) is 28.6. The molecule has 2 aromatic rings. The minimum Gasteiger partial charge on any atom is -0.464 e. The van der Waals surface area contributed by atoms with Crippen LogP contribution >= 0.6 is 27.3 Å². The number of benzene rings is 1. The van der Waals surface area contributed by atoms with Crippen molar-refractivity contribution in [1.29, 1.82) is 0 Å². The van der Waals surface area contributed by atoms with Gasteiger partial charge in [0.25, 0.3) is 0 Å². The summed E-state index contributed by atoms with van der Waals surface area (Å²) >= 11 is 4.80. The molecule has 11 nitrogen and oxygen atoms in total. The molecule has 40 heavy (non-hydrogen) atoms. The number of morpholine rings is 1. The number of nitrogens with zero attached hydrogens (tertiary/aromatic N) is 3. The van der Waals surface area contributed by atoms with Gasteiger partial charge < -0.3 is 24.8 Å². The first-order valence-electron chi connectivity index (χ1n) is 12.6. The molecule has 1 unspecified atom stereocenters. The van der Waals surface area contributed by atoms with E-state index in [0.717, 1.165) is 0 Å². The number of hydrogen-bond donors (Lipinski definition) is 2. The average molecular weight is 639 g/mol. The average Bonchev–Trinajstić information content (AvgIpc) is 3.46. The minimum atomic E-state index is -0.832. The molecule has 2 aliphatic rings. The molecule has 1 aromatic carbocycles. The molecular formula is C26H29BrFN5O6S. The van der Waals surface area contributed by atoms with Crippen LogP contribution in [0.1, 0.15) is 30.5 Å². The molecule has 0 aliphatic carbocycles. The lowest BCUT2D eigenvalue weighted by molar-refractivity contribution is -0.142. The van der Waals surface area contributed by atoms with Crippen LogP contribution in [0.15, 0.2) is 50.5 Å². The fourth-order valence-corrected chi connectivity index (χ4v) is 5.48. The number of carbonyl (C=O) groups is 3. The number of amides is 1. The highest BCUT2D eigenvalue weighted by Gasteiger charge is 2.37. The number of ether oxygens (including phenoxy) is 3. The van der Waals surface area contributed by atoms with Crippen LogP contribution in [0.5, 0.6) is 0 Å². The molecule has 1 saturated heterocycles. The Morgan fingerprint density at radius 1 is 1.32 bits per heavy atom. The molecule has 2 N–H and O–H groups in total. The van der Waals surface area contributed by atoms with Crippen LogP contribution in [0.3, 0.4) is 0 Å². The zero-order valence-corrected chi connectivity index (χ0v) is 24.3. The van der Waals surface area contributed by atoms with E-state index < -0.39 is 29.8 Å². The lowest BCUT2D eigenvalue weighted by Crippen LogP contribution is -2.55. The molecule has 4 rings (SSSR count). The third kappa shape index (κ3) is 7.30. The van der Waals surface area contributed by atoms with Gasteiger partial charge in [-0.05, 0) is 24.6 Å². The van der Waals surface area contributed by atoms with Crippen molar-refractivity contribution in [3.63, 3.8) is 0 Å². The molecule has 1 aromatic heterocycles. The highest BCUT2D eigenvalue weighted by Crippen LogP contribution is 2.37. The number of nitrogens with one attached hydrogen (secondary N) is 2. The number of esters is 2. The van der Waals surface area contributed by atoms with E-state index in [1.165, 1.54) is 30.4 Å². The van der Waals surface area contributed by atoms with Gasteiger partial charge in [-0.15, -0.1) is 11.3 Å². The second-order valence-corrected chi connectivity index (χ2v) is 10.6. The standard InChI is InChI=1S/C26H29BrFN5O6S/c1-3-38-26(36)21-19(13-33-8-10-37-14-20(33)24(35)29-6-9-39-15(2)34)31-23(25-30-7-11-40-25)32-22(21)17-5-4-16(28)12-18(17)27/h4-5,7,11-12,20,22H,3,6,8-10,13-14H2,1-2H3,(H,29,35)(H,31,32)/t20-,22?/m0/s1. The predicted molar refractivity (Wildman–Crippen MR) is 148 cm³/mol. The summed E-state index contributed by atoms with van der Waals surface area (Å²) in [6.45, 7) is 4.46. The SMILES string of the molecule is CCOC(=O)C1=C(CN2CCOC[C@H]2C(=O)NCCOC(C)=O)NC(c2nccs2)=NC1c1ccc(F)cc1Br. The van der Waals surface area contributed by atoms with E-state index in [9.17, 15) is 18.8 Å². The molecule has 1 amide bonds. The first-order valence-corrected chi connectivity index (χ1v) is 14.3. The van der Waals surface area contributed by atoms with Gasteiger partial charge in [-0.1, -0.05) is 22.0 Å². The number of halogens is 2. The quantitative estimate of drug-likeness (QED) is 0.298. The lowest BCUT2D eigenvalue weighted by Gasteiger charge is -2.37. The first kappa shape index (κ1) is 29.8. The number of amidine groups is 1. The Morgan fingerprint density at radius 2 is 2.15 bits per heavy atom. The fraction of sp³-hybridized carbons (Fsp3) is 0.423. The Balaban J connectivity index is 1.70. The van der Waals surface area contributed by atoms with Crippen molar-refractivity contribution >= 4 is 50.9 Å². The lowest BCUT2D eigenvalue weighted by atomic mass is 9.95. The summed E-state index contributed by atoms with van der Waals surface area (Å²) in [5.74, 6) is -1.31. The highest BCUT2D eigenvalue weighted by atomic mass is 79.9. The van der Waals surface area contributed by atoms with Gasteiger partial charge in [0.05, 0.1) is 31.9 Å². The molecule has 2 aliphatic heterocycles. The van der Waals surface area contributed by atoms with Crippen molar-refractivity contribution in [2.75, 3.05) is 46.1 Å². The van der Waals surface area contributed by atoms with Crippen molar-refractivity contribution in [2.24, 2.45) is 4.99 Å². The molecule has 0 saturated carbocycles. The van der Waals surface area contributed by atoms with Crippen LogP contribution < -0.4 is 10.6 Å². The van der Waals surface area contributed by atoms with E-state index in [1.807, 2.05) is 10.3 Å². The third-order valence-corrected chi connectivity index (χ3v) is 7.59. The van der Waals surface area contributed by atoms with Gasteiger partial charge in [-0.3, -0.25) is 19.5 Å². The fourth-order valence-electron chi connectivity index (χ4n) is 4.33. The predicted octanol–water partition coefficient (Wildman–Crippen LogP) is 2.33. The van der Waals surface area contributed by atoms with Crippen LogP contribution in [-0.2, 0) is 28.6 Å². The summed E-state index contributed by atoms with van der Waals surface area (Å²) in [6.07, 6.45) is 1.65. The largest absolute Gasteiger partial charge is 0.464 e. The maximum atomic E-state index is 14.0. The second-order valence-electron chi connectivity index (χ2n) is 8.81. The number of aliphatic imine (C=N–C) groups is 1. The van der Waals surface area contributed by atoms with Crippen LogP contribution in [0.4, 0.5) is 4.39 Å². The molecule has 0 spiro atoms. The molecule has 14 heteroatoms. The van der Waals surface area contributed by atoms with Crippen LogP contribution in [0.25, 0.3) is 0 Å². The number of carbonyl (C=O) groups excluding carboxylic acids is 3. The number of rotatable bonds is 10. The first-order chi connectivity index (χ1) is 19.3. The molecule has 0 bridgehead atoms. The molecule has 0 radical (unpaired) electrons. The summed E-state index contributed by atoms with van der Waals surface area (Å²) in [5, 5.41) is 8.44. The summed E-state index contributed by atoms with van der Waals surface area (Å²) in [7, 11) is 0. The summed E-state index contributed by atoms with van der Waals surface area (Å²) in [5.41, 5.74) is 1.30. The molecule has 1 fully saturated rings. The number of aromatic nitrogens is 1. The zero-order valence-electron chi connectivity index (χ0n) is 21.9. The van der Waals surface area contributed by atoms with Gasteiger partial charge in [0.15, 0.2) is 10.8 Å². The highest BCUT2D eigenvalue weighted by molar-refractivity contribution is 9.10. The maximum absolute atomic E-state index is 14.0. The van der Waals surface area contributed by atoms with Gasteiger partial charge in [0.1, 0.15) is 24.5 Å². The molecule has 214 valence electrons. The summed E-state index contributed by atoms with van der Waals surface area (Å²) in [4.78, 5) is 48.5. The van der Waals surface area contributed by atoms with E-state index in [4.69, 9.17) is 19.2 Å². The Kier molecular flexibility index (Phi) is 10.4. The second kappa shape index (κ2) is 13.9. The number of hydrogen-bond acceptors (Lipinski definition) is 11. The van der Waals surface area contributed by atoms with E-state index in [2.05, 4.69) is 31.5 Å². The molecular weight excluding hydrogens is 609 g/mol. The van der Waals surface area contributed by atoms with Gasteiger partial charge in [-0.2, -0.15) is 0 Å². The topological polar surface area (TPSA) is 131 Å². The smallest absolute Gasteiger partial charge is 0.338 e. The Hall–Kier alpha value is -3.20. The van der Waals surface area contributed by atoms with Crippen molar-refractivity contribution in [1.82, 2.24) is 20.5 Å². The monoisotopic (exact) mass is 637 g/mol. The Morgan fingerprint density at radius 3 is 2.85 bits per heavy atom. The van der Waals surface area contributed by atoms with Gasteiger partial charge in [-0.25, -0.2) is 14.2 Å². The molecule has 3 heterocycles. The maximum Gasteiger partial charge on any atom is 0.338 e. The van der Waals surface area contributed by atoms with Gasteiger partial charge >= 0.3 is 11.9 Å². The number of thiazole rings is 1.